The molecule has 0 aromatic heterocycles. The van der Waals surface area contributed by atoms with Crippen molar-refractivity contribution < 1.29 is 33.8 Å². The van der Waals surface area contributed by atoms with E-state index in [1.165, 1.54) is 62.3 Å². The number of benzene rings is 4. The highest BCUT2D eigenvalue weighted by Crippen LogP contribution is 2.53. The molecule has 4 aliphatic carbocycles. The lowest BCUT2D eigenvalue weighted by Gasteiger charge is -2.48. The Balaban J connectivity index is 0.000000157. The van der Waals surface area contributed by atoms with Crippen LogP contribution in [-0.4, -0.2) is 77.9 Å². The lowest BCUT2D eigenvalue weighted by Crippen LogP contribution is -2.52. The third kappa shape index (κ3) is 10.6. The van der Waals surface area contributed by atoms with Crippen molar-refractivity contribution in [3.63, 3.8) is 0 Å². The highest BCUT2D eigenvalue weighted by molar-refractivity contribution is 6.08. The number of hydrogen-bond donors (Lipinski definition) is 2. The molecule has 2 amide bonds. The lowest BCUT2D eigenvalue weighted by molar-refractivity contribution is -0.141. The SMILES string of the molecule is COC(=O)CCC=O.Cc1ccc(C(=O)N2c3ccccc3C(N(CCCC(=O)O)C3CC3)C3CCCC32)cc1.Cc1ccc(C(=O)N2c3ccccc3C(NC3CC3)C3CCCC32)cc1. The fraction of sp³-hybridized carbons (Fsp3) is 0.473. The molecule has 66 heavy (non-hydrogen) atoms. The number of carboxylic acids is 1. The fourth-order valence-corrected chi connectivity index (χ4v) is 11.1. The van der Waals surface area contributed by atoms with Crippen LogP contribution in [0.5, 0.6) is 0 Å². The van der Waals surface area contributed by atoms with Crippen molar-refractivity contribution in [1.82, 2.24) is 10.2 Å². The van der Waals surface area contributed by atoms with Gasteiger partial charge in [-0.15, -0.1) is 0 Å². The van der Waals surface area contributed by atoms with Gasteiger partial charge in [-0.1, -0.05) is 84.6 Å². The van der Waals surface area contributed by atoms with Crippen LogP contribution >= 0.6 is 0 Å². The predicted molar refractivity (Wildman–Crippen MR) is 257 cm³/mol. The van der Waals surface area contributed by atoms with E-state index < -0.39 is 5.97 Å². The van der Waals surface area contributed by atoms with Crippen molar-refractivity contribution in [2.75, 3.05) is 23.5 Å². The maximum Gasteiger partial charge on any atom is 0.305 e. The Morgan fingerprint density at radius 3 is 1.74 bits per heavy atom. The zero-order valence-electron chi connectivity index (χ0n) is 38.8. The average Bonchev–Trinajstić information content (AvgIpc) is 4.25. The van der Waals surface area contributed by atoms with Crippen LogP contribution in [0.4, 0.5) is 11.4 Å². The summed E-state index contributed by atoms with van der Waals surface area (Å²) in [6, 6.07) is 35.3. The number of aryl methyl sites for hydroxylation is 2. The Morgan fingerprint density at radius 2 is 1.21 bits per heavy atom. The first-order valence-electron chi connectivity index (χ1n) is 24.3. The number of ether oxygens (including phenoxy) is 1. The van der Waals surface area contributed by atoms with Crippen molar-refractivity contribution in [2.45, 2.75) is 140 Å². The number of esters is 1. The van der Waals surface area contributed by atoms with Crippen molar-refractivity contribution in [3.05, 3.63) is 130 Å². The maximum atomic E-state index is 13.7. The van der Waals surface area contributed by atoms with Gasteiger partial charge in [0, 0.05) is 71.6 Å². The van der Waals surface area contributed by atoms with Crippen LogP contribution in [0.1, 0.15) is 145 Å². The number of rotatable bonds is 13. The second kappa shape index (κ2) is 21.3. The zero-order chi connectivity index (χ0) is 46.3. The quantitative estimate of drug-likeness (QED) is 0.0993. The molecule has 2 heterocycles. The molecule has 10 rings (SSSR count). The summed E-state index contributed by atoms with van der Waals surface area (Å²) in [6.07, 6.45) is 13.8. The number of anilines is 2. The Labute approximate surface area is 389 Å². The number of fused-ring (bicyclic) bond motifs is 4. The van der Waals surface area contributed by atoms with Gasteiger partial charge in [0.2, 0.25) is 0 Å². The molecule has 6 atom stereocenters. The molecule has 6 unspecified atom stereocenters. The van der Waals surface area contributed by atoms with Gasteiger partial charge in [0.25, 0.3) is 11.8 Å². The third-order valence-corrected chi connectivity index (χ3v) is 14.5. The van der Waals surface area contributed by atoms with E-state index in [0.717, 1.165) is 60.3 Å². The van der Waals surface area contributed by atoms with Crippen LogP contribution in [0.15, 0.2) is 97.1 Å². The maximum absolute atomic E-state index is 13.7. The standard InChI is InChI=1S/C27H32N2O3.C23H26N2O.C5H8O3/c1-18-11-13-19(14-12-18)27(32)29-23-8-3-2-6-21(23)26(22-7-4-9-24(22)29)28(20-15-16-20)17-5-10-25(30)31;1-15-9-11-16(12-10-15)23(26)25-20-7-3-2-5-18(20)22(24-17-13-14-17)19-6-4-8-21(19)25;1-8-5(7)3-2-4-6/h2-3,6,8,11-14,20,22,24,26H,4-5,7,9-10,15-17H2,1H3,(H,30,31);2-3,5,7,9-12,17,19,21-22,24H,4,6,8,13-14H2,1H3;4H,2-3H2,1H3. The van der Waals surface area contributed by atoms with Crippen molar-refractivity contribution in [3.8, 4) is 0 Å². The summed E-state index contributed by atoms with van der Waals surface area (Å²) in [4.78, 5) is 64.9. The number of carbonyl (C=O) groups is 5. The molecule has 11 heteroatoms. The molecule has 4 fully saturated rings. The summed E-state index contributed by atoms with van der Waals surface area (Å²) >= 11 is 0. The summed E-state index contributed by atoms with van der Waals surface area (Å²) < 4.78 is 4.25. The normalized spacial score (nSPS) is 23.5. The molecule has 0 radical (unpaired) electrons. The van der Waals surface area contributed by atoms with Crippen LogP contribution in [-0.2, 0) is 19.1 Å². The molecule has 0 spiro atoms. The first-order chi connectivity index (χ1) is 32.1. The second-order valence-electron chi connectivity index (χ2n) is 19.1. The van der Waals surface area contributed by atoms with Gasteiger partial charge in [-0.25, -0.2) is 0 Å². The van der Waals surface area contributed by atoms with E-state index >= 15 is 0 Å². The first kappa shape index (κ1) is 46.9. The molecule has 11 nitrogen and oxygen atoms in total. The zero-order valence-corrected chi connectivity index (χ0v) is 38.8. The van der Waals surface area contributed by atoms with Gasteiger partial charge in [-0.05, 0) is 138 Å². The monoisotopic (exact) mass is 894 g/mol. The summed E-state index contributed by atoms with van der Waals surface area (Å²) in [7, 11) is 1.30. The van der Waals surface area contributed by atoms with Gasteiger partial charge in [-0.2, -0.15) is 0 Å². The number of carbonyl (C=O) groups excluding carboxylic acids is 4. The van der Waals surface area contributed by atoms with Crippen molar-refractivity contribution in [2.24, 2.45) is 11.8 Å². The minimum absolute atomic E-state index is 0.0941. The number of nitrogens with one attached hydrogen (secondary N) is 1. The van der Waals surface area contributed by atoms with E-state index in [1.807, 2.05) is 61.5 Å². The second-order valence-corrected chi connectivity index (χ2v) is 19.1. The summed E-state index contributed by atoms with van der Waals surface area (Å²) in [5, 5.41) is 13.0. The number of carboxylic acid groups (broad SMARTS) is 1. The summed E-state index contributed by atoms with van der Waals surface area (Å²) in [6.45, 7) is 4.91. The minimum atomic E-state index is -0.724. The Morgan fingerprint density at radius 1 is 0.682 bits per heavy atom. The fourth-order valence-electron chi connectivity index (χ4n) is 11.1. The molecule has 348 valence electrons. The molecule has 2 N–H and O–H groups in total. The van der Waals surface area contributed by atoms with Gasteiger partial charge in [0.15, 0.2) is 0 Å². The van der Waals surface area contributed by atoms with E-state index in [0.29, 0.717) is 48.7 Å². The van der Waals surface area contributed by atoms with E-state index in [9.17, 15) is 24.0 Å². The van der Waals surface area contributed by atoms with Crippen molar-refractivity contribution >= 4 is 41.4 Å². The minimum Gasteiger partial charge on any atom is -0.481 e. The highest BCUT2D eigenvalue weighted by Gasteiger charge is 2.50. The number of para-hydroxylation sites is 2. The van der Waals surface area contributed by atoms with E-state index in [1.54, 1.807) is 0 Å². The molecule has 2 aliphatic heterocycles. The molecule has 0 saturated heterocycles. The van der Waals surface area contributed by atoms with Crippen LogP contribution in [0.2, 0.25) is 0 Å². The predicted octanol–water partition coefficient (Wildman–Crippen LogP) is 9.95. The van der Waals surface area contributed by atoms with Gasteiger partial charge < -0.3 is 29.8 Å². The first-order valence-corrected chi connectivity index (χ1v) is 24.3. The Bertz CT molecular complexity index is 2340. The van der Waals surface area contributed by atoms with Crippen LogP contribution in [0.3, 0.4) is 0 Å². The van der Waals surface area contributed by atoms with Crippen LogP contribution in [0, 0.1) is 25.7 Å². The van der Waals surface area contributed by atoms with Gasteiger partial charge in [-0.3, -0.25) is 24.1 Å². The topological polar surface area (TPSA) is 137 Å². The number of methoxy groups -OCH3 is 1. The molecular weight excluding hydrogens is 829 g/mol. The molecule has 4 saturated carbocycles. The molecule has 0 bridgehead atoms. The van der Waals surface area contributed by atoms with E-state index in [4.69, 9.17) is 5.11 Å². The molecule has 4 aromatic rings. The van der Waals surface area contributed by atoms with Crippen molar-refractivity contribution in [1.29, 1.82) is 0 Å². The smallest absolute Gasteiger partial charge is 0.305 e. The number of aldehydes is 1. The Kier molecular flexibility index (Phi) is 15.1. The van der Waals surface area contributed by atoms with Gasteiger partial charge in [0.1, 0.15) is 6.29 Å². The number of aliphatic carboxylic acids is 1. The number of nitrogens with zero attached hydrogens (tertiary/aromatic N) is 3. The summed E-state index contributed by atoms with van der Waals surface area (Å²) in [5.41, 5.74) is 8.57. The van der Waals surface area contributed by atoms with Crippen LogP contribution < -0.4 is 15.1 Å². The van der Waals surface area contributed by atoms with E-state index in [-0.39, 0.29) is 49.1 Å². The summed E-state index contributed by atoms with van der Waals surface area (Å²) in [5.74, 6) is 0.107. The van der Waals surface area contributed by atoms with Crippen LogP contribution in [0.25, 0.3) is 0 Å². The molecule has 4 aromatic carbocycles. The average molecular weight is 895 g/mol. The number of amides is 2. The molecular formula is C55H66N4O7. The highest BCUT2D eigenvalue weighted by atomic mass is 16.5. The van der Waals surface area contributed by atoms with E-state index in [2.05, 4.69) is 74.1 Å². The molecule has 6 aliphatic rings. The third-order valence-electron chi connectivity index (χ3n) is 14.5. The van der Waals surface area contributed by atoms with Gasteiger partial charge >= 0.3 is 11.9 Å². The largest absolute Gasteiger partial charge is 0.481 e. The lowest BCUT2D eigenvalue weighted by atomic mass is 9.81. The number of hydrogen-bond acceptors (Lipinski definition) is 8. The van der Waals surface area contributed by atoms with Gasteiger partial charge in [0.05, 0.1) is 13.5 Å². The Hall–Kier alpha value is -5.65.